The third kappa shape index (κ3) is 5.97. The van der Waals surface area contributed by atoms with E-state index >= 15 is 0 Å². The standard InChI is InChI=1S/C21H26N4O7S/c1-30-17-8-7-16(12-18(17)31-2)33(28,29)25-10-5-11-32-19(25)14-24-21(27)20(26)23-13-15-6-3-4-9-22-15/h3-4,6-9,12,19H,5,10-11,13-14H2,1-2H3,(H,23,26)(H,24,27). The van der Waals surface area contributed by atoms with Crippen LogP contribution in [0.2, 0.25) is 0 Å². The van der Waals surface area contributed by atoms with Gasteiger partial charge < -0.3 is 24.8 Å². The zero-order valence-electron chi connectivity index (χ0n) is 18.3. The Morgan fingerprint density at radius 2 is 1.88 bits per heavy atom. The lowest BCUT2D eigenvalue weighted by Gasteiger charge is -2.34. The normalized spacial score (nSPS) is 16.6. The van der Waals surface area contributed by atoms with Crippen molar-refractivity contribution in [1.29, 1.82) is 0 Å². The number of methoxy groups -OCH3 is 2. The van der Waals surface area contributed by atoms with Crippen LogP contribution in [0.25, 0.3) is 0 Å². The molecule has 1 aliphatic rings. The summed E-state index contributed by atoms with van der Waals surface area (Å²) in [7, 11) is -1.10. The predicted molar refractivity (Wildman–Crippen MR) is 117 cm³/mol. The van der Waals surface area contributed by atoms with Crippen LogP contribution in [0.4, 0.5) is 0 Å². The van der Waals surface area contributed by atoms with Crippen LogP contribution in [0, 0.1) is 0 Å². The van der Waals surface area contributed by atoms with Crippen LogP contribution in [-0.2, 0) is 30.9 Å². The van der Waals surface area contributed by atoms with Gasteiger partial charge in [-0.15, -0.1) is 0 Å². The molecule has 2 amide bonds. The Hall–Kier alpha value is -3.22. The minimum atomic E-state index is -3.97. The topological polar surface area (TPSA) is 136 Å². The monoisotopic (exact) mass is 478 g/mol. The highest BCUT2D eigenvalue weighted by Gasteiger charge is 2.35. The van der Waals surface area contributed by atoms with Crippen molar-refractivity contribution in [2.45, 2.75) is 24.1 Å². The number of benzene rings is 1. The fraction of sp³-hybridized carbons (Fsp3) is 0.381. The molecule has 3 rings (SSSR count). The van der Waals surface area contributed by atoms with Crippen LogP contribution in [0.1, 0.15) is 12.1 Å². The van der Waals surface area contributed by atoms with Crippen molar-refractivity contribution in [3.63, 3.8) is 0 Å². The molecule has 1 atom stereocenters. The van der Waals surface area contributed by atoms with Crippen molar-refractivity contribution in [2.24, 2.45) is 0 Å². The van der Waals surface area contributed by atoms with E-state index in [2.05, 4.69) is 15.6 Å². The van der Waals surface area contributed by atoms with Gasteiger partial charge in [0.25, 0.3) is 0 Å². The number of carbonyl (C=O) groups is 2. The maximum Gasteiger partial charge on any atom is 0.309 e. The quantitative estimate of drug-likeness (QED) is 0.516. The van der Waals surface area contributed by atoms with Crippen molar-refractivity contribution < 1.29 is 32.2 Å². The fourth-order valence-electron chi connectivity index (χ4n) is 3.23. The van der Waals surface area contributed by atoms with Crippen molar-refractivity contribution >= 4 is 21.8 Å². The molecule has 2 aromatic rings. The van der Waals surface area contributed by atoms with E-state index in [0.717, 1.165) is 4.31 Å². The number of nitrogens with zero attached hydrogens (tertiary/aromatic N) is 2. The van der Waals surface area contributed by atoms with Crippen molar-refractivity contribution in [2.75, 3.05) is 33.9 Å². The average Bonchev–Trinajstić information content (AvgIpc) is 2.86. The summed E-state index contributed by atoms with van der Waals surface area (Å²) >= 11 is 0. The number of aromatic nitrogens is 1. The summed E-state index contributed by atoms with van der Waals surface area (Å²) in [5.74, 6) is -1.09. The van der Waals surface area contributed by atoms with Crippen LogP contribution in [-0.4, -0.2) is 69.7 Å². The zero-order valence-corrected chi connectivity index (χ0v) is 19.1. The van der Waals surface area contributed by atoms with Crippen molar-refractivity contribution in [3.05, 3.63) is 48.3 Å². The third-order valence-electron chi connectivity index (χ3n) is 4.92. The number of amides is 2. The molecule has 0 saturated carbocycles. The highest BCUT2D eigenvalue weighted by Crippen LogP contribution is 2.31. The van der Waals surface area contributed by atoms with Gasteiger partial charge in [-0.25, -0.2) is 8.42 Å². The Morgan fingerprint density at radius 1 is 1.12 bits per heavy atom. The van der Waals surface area contributed by atoms with E-state index in [1.807, 2.05) is 0 Å². The van der Waals surface area contributed by atoms with Gasteiger partial charge in [0.15, 0.2) is 11.5 Å². The van der Waals surface area contributed by atoms with E-state index in [1.165, 1.54) is 32.4 Å². The molecular formula is C21H26N4O7S. The van der Waals surface area contributed by atoms with Crippen LogP contribution in [0.3, 0.4) is 0 Å². The molecule has 1 aromatic heterocycles. The van der Waals surface area contributed by atoms with Gasteiger partial charge in [-0.3, -0.25) is 14.6 Å². The highest BCUT2D eigenvalue weighted by molar-refractivity contribution is 7.89. The van der Waals surface area contributed by atoms with Gasteiger partial charge in [-0.1, -0.05) is 6.07 Å². The molecular weight excluding hydrogens is 452 g/mol. The van der Waals surface area contributed by atoms with Gasteiger partial charge in [0.05, 0.1) is 44.5 Å². The molecule has 2 heterocycles. The fourth-order valence-corrected chi connectivity index (χ4v) is 4.81. The second-order valence-electron chi connectivity index (χ2n) is 7.03. The molecule has 33 heavy (non-hydrogen) atoms. The van der Waals surface area contributed by atoms with Crippen molar-refractivity contribution in [1.82, 2.24) is 19.9 Å². The largest absolute Gasteiger partial charge is 0.493 e. The van der Waals surface area contributed by atoms with Crippen LogP contribution in [0.15, 0.2) is 47.5 Å². The van der Waals surface area contributed by atoms with Gasteiger partial charge in [0.1, 0.15) is 6.23 Å². The maximum absolute atomic E-state index is 13.3. The molecule has 0 bridgehead atoms. The third-order valence-corrected chi connectivity index (χ3v) is 6.80. The summed E-state index contributed by atoms with van der Waals surface area (Å²) in [5.41, 5.74) is 0.599. The molecule has 1 saturated heterocycles. The molecule has 0 radical (unpaired) electrons. The Bertz CT molecular complexity index is 1080. The minimum Gasteiger partial charge on any atom is -0.493 e. The van der Waals surface area contributed by atoms with Crippen LogP contribution >= 0.6 is 0 Å². The molecule has 1 unspecified atom stereocenters. The number of hydrogen-bond acceptors (Lipinski definition) is 8. The Morgan fingerprint density at radius 3 is 2.58 bits per heavy atom. The van der Waals surface area contributed by atoms with Gasteiger partial charge in [-0.2, -0.15) is 4.31 Å². The molecule has 2 N–H and O–H groups in total. The number of carbonyl (C=O) groups excluding carboxylic acids is 2. The molecule has 12 heteroatoms. The number of pyridine rings is 1. The lowest BCUT2D eigenvalue weighted by Crippen LogP contribution is -2.53. The number of ether oxygens (including phenoxy) is 3. The van der Waals surface area contributed by atoms with E-state index < -0.39 is 28.1 Å². The summed E-state index contributed by atoms with van der Waals surface area (Å²) in [4.78, 5) is 28.3. The molecule has 11 nitrogen and oxygen atoms in total. The summed E-state index contributed by atoms with van der Waals surface area (Å²) in [6.07, 6.45) is 1.10. The van der Waals surface area contributed by atoms with E-state index in [4.69, 9.17) is 14.2 Å². The average molecular weight is 479 g/mol. The molecule has 0 spiro atoms. The second kappa shape index (κ2) is 11.1. The highest BCUT2D eigenvalue weighted by atomic mass is 32.2. The minimum absolute atomic E-state index is 0.00455. The first kappa shape index (κ1) is 24.4. The first-order valence-corrected chi connectivity index (χ1v) is 11.6. The summed E-state index contributed by atoms with van der Waals surface area (Å²) in [6, 6.07) is 9.49. The molecule has 178 valence electrons. The lowest BCUT2D eigenvalue weighted by molar-refractivity contribution is -0.140. The SMILES string of the molecule is COc1ccc(S(=O)(=O)N2CCCOC2CNC(=O)C(=O)NCc2ccccn2)cc1OC. The number of nitrogens with one attached hydrogen (secondary N) is 2. The van der Waals surface area contributed by atoms with Gasteiger partial charge in [0, 0.05) is 18.8 Å². The van der Waals surface area contributed by atoms with E-state index in [9.17, 15) is 18.0 Å². The van der Waals surface area contributed by atoms with Gasteiger partial charge in [0.2, 0.25) is 10.0 Å². The number of hydrogen-bond donors (Lipinski definition) is 2. The predicted octanol–water partition coefficient (Wildman–Crippen LogP) is 0.269. The Kier molecular flexibility index (Phi) is 8.20. The summed E-state index contributed by atoms with van der Waals surface area (Å²) in [5, 5.41) is 4.90. The molecule has 1 fully saturated rings. The number of sulfonamides is 1. The Balaban J connectivity index is 1.65. The molecule has 1 aliphatic heterocycles. The van der Waals surface area contributed by atoms with E-state index in [-0.39, 0.29) is 30.3 Å². The summed E-state index contributed by atoms with van der Waals surface area (Å²) < 4.78 is 43.6. The number of rotatable bonds is 8. The van der Waals surface area contributed by atoms with Gasteiger partial charge >= 0.3 is 11.8 Å². The van der Waals surface area contributed by atoms with E-state index in [1.54, 1.807) is 24.4 Å². The van der Waals surface area contributed by atoms with E-state index in [0.29, 0.717) is 24.5 Å². The smallest absolute Gasteiger partial charge is 0.309 e. The second-order valence-corrected chi connectivity index (χ2v) is 8.92. The summed E-state index contributed by atoms with van der Waals surface area (Å²) in [6.45, 7) is 0.419. The Labute approximate surface area is 192 Å². The van der Waals surface area contributed by atoms with Crippen LogP contribution in [0.5, 0.6) is 11.5 Å². The van der Waals surface area contributed by atoms with Gasteiger partial charge in [-0.05, 0) is 30.7 Å². The van der Waals surface area contributed by atoms with Crippen molar-refractivity contribution in [3.8, 4) is 11.5 Å². The molecule has 1 aromatic carbocycles. The maximum atomic E-state index is 13.3. The molecule has 0 aliphatic carbocycles. The van der Waals surface area contributed by atoms with Crippen LogP contribution < -0.4 is 20.1 Å². The lowest BCUT2D eigenvalue weighted by atomic mass is 10.3. The zero-order chi connectivity index (χ0) is 23.8. The first-order chi connectivity index (χ1) is 15.9. The first-order valence-electron chi connectivity index (χ1n) is 10.2.